The summed E-state index contributed by atoms with van der Waals surface area (Å²) in [7, 11) is 0. The maximum Gasteiger partial charge on any atom is 0.0677 e. The Morgan fingerprint density at radius 2 is 1.65 bits per heavy atom. The van der Waals surface area contributed by atoms with Crippen molar-refractivity contribution in [3.05, 3.63) is 35.9 Å². The molecule has 0 saturated heterocycles. The van der Waals surface area contributed by atoms with Gasteiger partial charge in [-0.3, -0.25) is 0 Å². The summed E-state index contributed by atoms with van der Waals surface area (Å²) >= 11 is 0. The quantitative estimate of drug-likeness (QED) is 0.675. The molecule has 1 aliphatic rings. The minimum absolute atomic E-state index is 0.163. The lowest BCUT2D eigenvalue weighted by atomic mass is 9.89. The van der Waals surface area contributed by atoms with E-state index in [9.17, 15) is 5.11 Å². The standard InChI is InChI=1S/C16H20O/c17-16-11-7-2-1-6-10-15(16)13-12-14-8-4-3-5-9-14/h3-5,8-9,15-17H,1-2,6-7,10-11H2. The summed E-state index contributed by atoms with van der Waals surface area (Å²) in [5, 5.41) is 10.0. The predicted molar refractivity (Wildman–Crippen MR) is 70.5 cm³/mol. The van der Waals surface area contributed by atoms with Crippen molar-refractivity contribution < 1.29 is 5.11 Å². The molecule has 0 aromatic heterocycles. The molecule has 1 fully saturated rings. The first-order chi connectivity index (χ1) is 8.36. The van der Waals surface area contributed by atoms with E-state index >= 15 is 0 Å². The van der Waals surface area contributed by atoms with E-state index in [-0.39, 0.29) is 12.0 Å². The molecule has 1 aliphatic carbocycles. The normalized spacial score (nSPS) is 25.2. The summed E-state index contributed by atoms with van der Waals surface area (Å²) in [4.78, 5) is 0. The zero-order valence-electron chi connectivity index (χ0n) is 10.2. The van der Waals surface area contributed by atoms with Gasteiger partial charge in [0, 0.05) is 11.5 Å². The summed E-state index contributed by atoms with van der Waals surface area (Å²) in [6, 6.07) is 10.0. The zero-order valence-corrected chi connectivity index (χ0v) is 10.2. The van der Waals surface area contributed by atoms with E-state index in [0.29, 0.717) is 0 Å². The average molecular weight is 228 g/mol. The Balaban J connectivity index is 2.03. The number of hydrogen-bond donors (Lipinski definition) is 1. The van der Waals surface area contributed by atoms with E-state index in [1.54, 1.807) is 0 Å². The molecule has 0 heterocycles. The third-order valence-electron chi connectivity index (χ3n) is 3.41. The maximum absolute atomic E-state index is 10.0. The molecule has 2 rings (SSSR count). The molecule has 1 nitrogen and oxygen atoms in total. The van der Waals surface area contributed by atoms with Crippen molar-refractivity contribution in [2.45, 2.75) is 44.6 Å². The van der Waals surface area contributed by atoms with Gasteiger partial charge in [-0.1, -0.05) is 55.7 Å². The molecule has 1 aromatic carbocycles. The van der Waals surface area contributed by atoms with Gasteiger partial charge in [-0.2, -0.15) is 0 Å². The van der Waals surface area contributed by atoms with Crippen LogP contribution in [0.15, 0.2) is 30.3 Å². The number of aliphatic hydroxyl groups is 1. The fraction of sp³-hybridized carbons (Fsp3) is 0.500. The Bertz CT molecular complexity index is 385. The van der Waals surface area contributed by atoms with Gasteiger partial charge in [-0.05, 0) is 25.0 Å². The molecule has 1 saturated carbocycles. The second-order valence-electron chi connectivity index (χ2n) is 4.80. The lowest BCUT2D eigenvalue weighted by Crippen LogP contribution is -2.20. The van der Waals surface area contributed by atoms with Crippen LogP contribution in [-0.4, -0.2) is 11.2 Å². The molecule has 1 N–H and O–H groups in total. The van der Waals surface area contributed by atoms with E-state index in [0.717, 1.165) is 24.8 Å². The second-order valence-corrected chi connectivity index (χ2v) is 4.80. The van der Waals surface area contributed by atoms with Crippen LogP contribution >= 0.6 is 0 Å². The van der Waals surface area contributed by atoms with Gasteiger partial charge in [0.05, 0.1) is 6.10 Å². The molecule has 1 aromatic rings. The molecule has 0 radical (unpaired) electrons. The van der Waals surface area contributed by atoms with Gasteiger partial charge in [-0.25, -0.2) is 0 Å². The molecular weight excluding hydrogens is 208 g/mol. The van der Waals surface area contributed by atoms with Gasteiger partial charge in [0.15, 0.2) is 0 Å². The minimum atomic E-state index is -0.230. The van der Waals surface area contributed by atoms with Gasteiger partial charge >= 0.3 is 0 Å². The molecule has 0 amide bonds. The minimum Gasteiger partial charge on any atom is -0.392 e. The van der Waals surface area contributed by atoms with Crippen molar-refractivity contribution in [1.29, 1.82) is 0 Å². The maximum atomic E-state index is 10.0. The SMILES string of the molecule is OC1CCCCCCC1C#Cc1ccccc1. The van der Waals surface area contributed by atoms with E-state index < -0.39 is 0 Å². The van der Waals surface area contributed by atoms with E-state index in [1.807, 2.05) is 30.3 Å². The Morgan fingerprint density at radius 3 is 2.41 bits per heavy atom. The number of hydrogen-bond acceptors (Lipinski definition) is 1. The first-order valence-electron chi connectivity index (χ1n) is 6.61. The molecule has 0 spiro atoms. The molecule has 1 heteroatoms. The molecular formula is C16H20O. The topological polar surface area (TPSA) is 20.2 Å². The number of rotatable bonds is 0. The smallest absolute Gasteiger partial charge is 0.0677 e. The molecule has 90 valence electrons. The van der Waals surface area contributed by atoms with Gasteiger partial charge < -0.3 is 5.11 Å². The second kappa shape index (κ2) is 6.47. The highest BCUT2D eigenvalue weighted by molar-refractivity contribution is 5.34. The highest BCUT2D eigenvalue weighted by atomic mass is 16.3. The molecule has 2 unspecified atom stereocenters. The lowest BCUT2D eigenvalue weighted by Gasteiger charge is -2.20. The molecule has 17 heavy (non-hydrogen) atoms. The Labute approximate surface area is 104 Å². The predicted octanol–water partition coefficient (Wildman–Crippen LogP) is 3.37. The Hall–Kier alpha value is -1.26. The monoisotopic (exact) mass is 228 g/mol. The van der Waals surface area contributed by atoms with Crippen molar-refractivity contribution >= 4 is 0 Å². The highest BCUT2D eigenvalue weighted by Gasteiger charge is 2.18. The van der Waals surface area contributed by atoms with Crippen LogP contribution in [0, 0.1) is 17.8 Å². The zero-order chi connectivity index (χ0) is 11.9. The van der Waals surface area contributed by atoms with Crippen LogP contribution in [0.3, 0.4) is 0 Å². The largest absolute Gasteiger partial charge is 0.392 e. The third-order valence-corrected chi connectivity index (χ3v) is 3.41. The fourth-order valence-electron chi connectivity index (χ4n) is 2.33. The van der Waals surface area contributed by atoms with Crippen molar-refractivity contribution in [3.63, 3.8) is 0 Å². The van der Waals surface area contributed by atoms with Crippen LogP contribution in [-0.2, 0) is 0 Å². The van der Waals surface area contributed by atoms with Crippen molar-refractivity contribution in [2.24, 2.45) is 5.92 Å². The van der Waals surface area contributed by atoms with Crippen molar-refractivity contribution in [1.82, 2.24) is 0 Å². The summed E-state index contributed by atoms with van der Waals surface area (Å²) in [6.45, 7) is 0. The van der Waals surface area contributed by atoms with Gasteiger partial charge in [0.1, 0.15) is 0 Å². The van der Waals surface area contributed by atoms with E-state index in [4.69, 9.17) is 0 Å². The fourth-order valence-corrected chi connectivity index (χ4v) is 2.33. The van der Waals surface area contributed by atoms with Crippen LogP contribution in [0.25, 0.3) is 0 Å². The Kier molecular flexibility index (Phi) is 4.64. The molecule has 0 bridgehead atoms. The van der Waals surface area contributed by atoms with Crippen LogP contribution in [0.4, 0.5) is 0 Å². The Morgan fingerprint density at radius 1 is 0.941 bits per heavy atom. The molecule has 0 aliphatic heterocycles. The van der Waals surface area contributed by atoms with Crippen LogP contribution in [0.2, 0.25) is 0 Å². The van der Waals surface area contributed by atoms with Gasteiger partial charge in [-0.15, -0.1) is 0 Å². The summed E-state index contributed by atoms with van der Waals surface area (Å²) < 4.78 is 0. The summed E-state index contributed by atoms with van der Waals surface area (Å²) in [5.41, 5.74) is 1.04. The molecule has 2 atom stereocenters. The van der Waals surface area contributed by atoms with E-state index in [2.05, 4.69) is 11.8 Å². The van der Waals surface area contributed by atoms with Crippen LogP contribution < -0.4 is 0 Å². The van der Waals surface area contributed by atoms with E-state index in [1.165, 1.54) is 19.3 Å². The third kappa shape index (κ3) is 3.91. The highest BCUT2D eigenvalue weighted by Crippen LogP contribution is 2.22. The first kappa shape index (κ1) is 12.2. The number of aliphatic hydroxyl groups excluding tert-OH is 1. The summed E-state index contributed by atoms with van der Waals surface area (Å²) in [6.07, 6.45) is 6.61. The van der Waals surface area contributed by atoms with Crippen molar-refractivity contribution in [3.8, 4) is 11.8 Å². The van der Waals surface area contributed by atoms with Gasteiger partial charge in [0.25, 0.3) is 0 Å². The van der Waals surface area contributed by atoms with Crippen LogP contribution in [0.5, 0.6) is 0 Å². The van der Waals surface area contributed by atoms with Crippen molar-refractivity contribution in [2.75, 3.05) is 0 Å². The van der Waals surface area contributed by atoms with Crippen LogP contribution in [0.1, 0.15) is 44.1 Å². The lowest BCUT2D eigenvalue weighted by molar-refractivity contribution is 0.110. The first-order valence-corrected chi connectivity index (χ1v) is 6.61. The summed E-state index contributed by atoms with van der Waals surface area (Å²) in [5.74, 6) is 6.60. The van der Waals surface area contributed by atoms with Gasteiger partial charge in [0.2, 0.25) is 0 Å². The average Bonchev–Trinajstić information content (AvgIpc) is 2.35. The number of benzene rings is 1.